The van der Waals surface area contributed by atoms with Crippen molar-refractivity contribution >= 4 is 11.6 Å². The Kier molecular flexibility index (Phi) is 3.68. The summed E-state index contributed by atoms with van der Waals surface area (Å²) in [5.41, 5.74) is 7.51. The molecule has 0 spiro atoms. The fourth-order valence-corrected chi connectivity index (χ4v) is 2.69. The molecule has 0 radical (unpaired) electrons. The van der Waals surface area contributed by atoms with Gasteiger partial charge in [0.2, 0.25) is 5.82 Å². The first-order valence-electron chi connectivity index (χ1n) is 7.63. The van der Waals surface area contributed by atoms with Crippen molar-refractivity contribution in [3.8, 4) is 11.3 Å². The molecule has 3 aromatic heterocycles. The number of amides is 1. The van der Waals surface area contributed by atoms with Crippen molar-refractivity contribution in [3.05, 3.63) is 72.1 Å². The summed E-state index contributed by atoms with van der Waals surface area (Å²) in [6.45, 7) is 0.164. The van der Waals surface area contributed by atoms with Crippen molar-refractivity contribution < 1.29 is 13.6 Å². The van der Waals surface area contributed by atoms with E-state index in [1.165, 1.54) is 35.4 Å². The minimum atomic E-state index is -0.744. The first kappa shape index (κ1) is 15.9. The van der Waals surface area contributed by atoms with Crippen LogP contribution < -0.4 is 5.73 Å². The molecule has 0 aliphatic carbocycles. The number of imidazole rings is 1. The van der Waals surface area contributed by atoms with Gasteiger partial charge in [0.1, 0.15) is 23.6 Å². The van der Waals surface area contributed by atoms with Crippen LogP contribution in [0.2, 0.25) is 0 Å². The number of rotatable bonds is 4. The maximum absolute atomic E-state index is 13.7. The van der Waals surface area contributed by atoms with Crippen molar-refractivity contribution in [3.63, 3.8) is 0 Å². The molecule has 0 aliphatic rings. The maximum Gasteiger partial charge on any atom is 0.288 e. The van der Waals surface area contributed by atoms with Crippen LogP contribution in [-0.4, -0.2) is 30.1 Å². The van der Waals surface area contributed by atoms with Crippen molar-refractivity contribution in [1.82, 2.24) is 24.1 Å². The van der Waals surface area contributed by atoms with Crippen LogP contribution in [0.1, 0.15) is 16.3 Å². The Hall–Kier alpha value is -3.62. The predicted molar refractivity (Wildman–Crippen MR) is 88.2 cm³/mol. The Balaban J connectivity index is 1.86. The lowest BCUT2D eigenvalue weighted by Gasteiger charge is -2.06. The number of aromatic nitrogens is 5. The molecule has 2 N–H and O–H groups in total. The second-order valence-electron chi connectivity index (χ2n) is 5.62. The lowest BCUT2D eigenvalue weighted by atomic mass is 10.1. The van der Waals surface area contributed by atoms with Crippen LogP contribution in [0.25, 0.3) is 16.9 Å². The molecule has 0 aliphatic heterocycles. The van der Waals surface area contributed by atoms with E-state index in [4.69, 9.17) is 5.73 Å². The first-order valence-corrected chi connectivity index (χ1v) is 7.63. The molecule has 1 amide bonds. The van der Waals surface area contributed by atoms with Crippen LogP contribution in [0.4, 0.5) is 8.78 Å². The molecule has 9 heteroatoms. The number of nitrogens with zero attached hydrogens (tertiary/aromatic N) is 5. The SMILES string of the molecule is NC(=O)c1ncn(Cc2c(-c3ccc(F)cc3)nc3ccc(F)cn23)n1. The smallest absolute Gasteiger partial charge is 0.288 e. The molecule has 4 rings (SSSR count). The quantitative estimate of drug-likeness (QED) is 0.607. The summed E-state index contributed by atoms with van der Waals surface area (Å²) >= 11 is 0. The zero-order valence-electron chi connectivity index (χ0n) is 13.3. The highest BCUT2D eigenvalue weighted by Crippen LogP contribution is 2.25. The Bertz CT molecular complexity index is 1120. The van der Waals surface area contributed by atoms with Gasteiger partial charge in [0.05, 0.1) is 17.9 Å². The van der Waals surface area contributed by atoms with E-state index >= 15 is 0 Å². The van der Waals surface area contributed by atoms with Crippen molar-refractivity contribution in [2.75, 3.05) is 0 Å². The fraction of sp³-hybridized carbons (Fsp3) is 0.0588. The average molecular weight is 354 g/mol. The van der Waals surface area contributed by atoms with E-state index in [9.17, 15) is 13.6 Å². The third-order valence-corrected chi connectivity index (χ3v) is 3.87. The van der Waals surface area contributed by atoms with Crippen LogP contribution in [-0.2, 0) is 6.54 Å². The summed E-state index contributed by atoms with van der Waals surface area (Å²) in [5.74, 6) is -1.66. The minimum Gasteiger partial charge on any atom is -0.363 e. The van der Waals surface area contributed by atoms with E-state index in [1.54, 1.807) is 22.6 Å². The molecule has 0 fully saturated rings. The van der Waals surface area contributed by atoms with Gasteiger partial charge in [-0.1, -0.05) is 0 Å². The second-order valence-corrected chi connectivity index (χ2v) is 5.62. The summed E-state index contributed by atoms with van der Waals surface area (Å²) in [4.78, 5) is 19.5. The van der Waals surface area contributed by atoms with Gasteiger partial charge in [-0.3, -0.25) is 9.20 Å². The van der Waals surface area contributed by atoms with Crippen LogP contribution in [0.3, 0.4) is 0 Å². The van der Waals surface area contributed by atoms with Crippen LogP contribution in [0.15, 0.2) is 48.9 Å². The third-order valence-electron chi connectivity index (χ3n) is 3.87. The Morgan fingerprint density at radius 1 is 1.08 bits per heavy atom. The number of hydrogen-bond acceptors (Lipinski definition) is 4. The van der Waals surface area contributed by atoms with Gasteiger partial charge < -0.3 is 5.73 Å². The monoisotopic (exact) mass is 354 g/mol. The molecule has 130 valence electrons. The molecule has 0 saturated carbocycles. The van der Waals surface area contributed by atoms with Crippen molar-refractivity contribution in [2.24, 2.45) is 5.73 Å². The summed E-state index contributed by atoms with van der Waals surface area (Å²) in [6.07, 6.45) is 2.66. The number of carbonyl (C=O) groups is 1. The van der Waals surface area contributed by atoms with Crippen molar-refractivity contribution in [1.29, 1.82) is 0 Å². The molecule has 4 aromatic rings. The molecule has 3 heterocycles. The van der Waals surface area contributed by atoms with Gasteiger partial charge in [-0.2, -0.15) is 0 Å². The van der Waals surface area contributed by atoms with E-state index in [-0.39, 0.29) is 18.2 Å². The molecule has 7 nitrogen and oxygen atoms in total. The van der Waals surface area contributed by atoms with Gasteiger partial charge in [0.25, 0.3) is 5.91 Å². The molecule has 1 aromatic carbocycles. The first-order chi connectivity index (χ1) is 12.5. The second kappa shape index (κ2) is 6.03. The molecular formula is C17H12F2N6O. The number of pyridine rings is 1. The summed E-state index contributed by atoms with van der Waals surface area (Å²) < 4.78 is 30.0. The van der Waals surface area contributed by atoms with E-state index < -0.39 is 11.7 Å². The van der Waals surface area contributed by atoms with Gasteiger partial charge >= 0.3 is 0 Å². The average Bonchev–Trinajstić information content (AvgIpc) is 3.22. The number of carbonyl (C=O) groups excluding carboxylic acids is 1. The van der Waals surface area contributed by atoms with E-state index in [0.29, 0.717) is 22.6 Å². The zero-order valence-corrected chi connectivity index (χ0v) is 13.3. The molecular weight excluding hydrogens is 342 g/mol. The topological polar surface area (TPSA) is 91.1 Å². The van der Waals surface area contributed by atoms with E-state index in [0.717, 1.165) is 0 Å². The number of fused-ring (bicyclic) bond motifs is 1. The van der Waals surface area contributed by atoms with Crippen LogP contribution >= 0.6 is 0 Å². The van der Waals surface area contributed by atoms with Gasteiger partial charge in [0, 0.05) is 11.8 Å². The van der Waals surface area contributed by atoms with Gasteiger partial charge in [0.15, 0.2) is 0 Å². The summed E-state index contributed by atoms with van der Waals surface area (Å²) in [6, 6.07) is 8.68. The lowest BCUT2D eigenvalue weighted by molar-refractivity contribution is 0.0990. The molecule has 0 saturated heterocycles. The van der Waals surface area contributed by atoms with Gasteiger partial charge in [-0.15, -0.1) is 5.10 Å². The number of nitrogens with two attached hydrogens (primary N) is 1. The van der Waals surface area contributed by atoms with Crippen LogP contribution in [0, 0.1) is 11.6 Å². The number of hydrogen-bond donors (Lipinski definition) is 1. The number of primary amides is 1. The Morgan fingerprint density at radius 3 is 2.50 bits per heavy atom. The van der Waals surface area contributed by atoms with E-state index in [2.05, 4.69) is 15.1 Å². The number of halogens is 2. The van der Waals surface area contributed by atoms with Gasteiger partial charge in [-0.25, -0.2) is 23.4 Å². The lowest BCUT2D eigenvalue weighted by Crippen LogP contribution is -2.14. The zero-order chi connectivity index (χ0) is 18.3. The Labute approximate surface area is 145 Å². The van der Waals surface area contributed by atoms with E-state index in [1.807, 2.05) is 0 Å². The molecule has 0 unspecified atom stereocenters. The van der Waals surface area contributed by atoms with Crippen molar-refractivity contribution in [2.45, 2.75) is 6.54 Å². The highest BCUT2D eigenvalue weighted by molar-refractivity contribution is 5.88. The van der Waals surface area contributed by atoms with Crippen LogP contribution in [0.5, 0.6) is 0 Å². The summed E-state index contributed by atoms with van der Waals surface area (Å²) in [7, 11) is 0. The predicted octanol–water partition coefficient (Wildman–Crippen LogP) is 2.02. The molecule has 26 heavy (non-hydrogen) atoms. The molecule has 0 bridgehead atoms. The normalized spacial score (nSPS) is 11.2. The minimum absolute atomic E-state index is 0.117. The maximum atomic E-state index is 13.7. The highest BCUT2D eigenvalue weighted by Gasteiger charge is 2.17. The Morgan fingerprint density at radius 2 is 1.81 bits per heavy atom. The number of benzene rings is 1. The highest BCUT2D eigenvalue weighted by atomic mass is 19.1. The largest absolute Gasteiger partial charge is 0.363 e. The standard InChI is InChI=1S/C17H12F2N6O/c18-11-3-1-10(2-4-11)15-13(8-24-9-21-17(23-24)16(20)26)25-7-12(19)5-6-14(25)22-15/h1-7,9H,8H2,(H2,20,26). The molecule has 0 atom stereocenters. The third kappa shape index (κ3) is 2.79. The fourth-order valence-electron chi connectivity index (χ4n) is 2.69. The van der Waals surface area contributed by atoms with Gasteiger partial charge in [-0.05, 0) is 36.4 Å². The summed E-state index contributed by atoms with van der Waals surface area (Å²) in [5, 5.41) is 4.00.